The molecule has 0 saturated carbocycles. The van der Waals surface area contributed by atoms with Gasteiger partial charge in [0.05, 0.1) is 0 Å². The molecule has 6 heteroatoms. The van der Waals surface area contributed by atoms with Gasteiger partial charge in [-0.3, -0.25) is 0 Å². The van der Waals surface area contributed by atoms with Crippen LogP contribution in [0.25, 0.3) is 0 Å². The van der Waals surface area contributed by atoms with Gasteiger partial charge in [-0.25, -0.2) is 43.9 Å². The third kappa shape index (κ3) is 15.0. The Morgan fingerprint density at radius 2 is 0.818 bits per heavy atom. The van der Waals surface area contributed by atoms with E-state index in [1.165, 1.54) is 0 Å². The quantitative estimate of drug-likeness (QED) is 0.355. The molecule has 2 rings (SSSR count). The summed E-state index contributed by atoms with van der Waals surface area (Å²) >= 11 is 19.5. The smallest absolute Gasteiger partial charge is 0 e. The van der Waals surface area contributed by atoms with Gasteiger partial charge in [-0.1, -0.05) is 13.8 Å². The van der Waals surface area contributed by atoms with Crippen molar-refractivity contribution in [1.82, 2.24) is 0 Å². The van der Waals surface area contributed by atoms with Gasteiger partial charge in [0.2, 0.25) is 0 Å². The summed E-state index contributed by atoms with van der Waals surface area (Å²) in [7, 11) is 0. The fourth-order valence-corrected chi connectivity index (χ4v) is 1.60. The van der Waals surface area contributed by atoms with Gasteiger partial charge in [0.1, 0.15) is 0 Å². The maximum Gasteiger partial charge on any atom is 0 e. The summed E-state index contributed by atoms with van der Waals surface area (Å²) in [5.41, 5.74) is 0. The monoisotopic (exact) mass is 454 g/mol. The molecule has 128 valence electrons. The van der Waals surface area contributed by atoms with Crippen LogP contribution in [-0.4, -0.2) is 0 Å². The molecule has 0 spiro atoms. The fraction of sp³-hybridized carbons (Fsp3) is 0.125. The number of hydrogen-bond donors (Lipinski definition) is 0. The molecule has 0 heterocycles. The van der Waals surface area contributed by atoms with E-state index < -0.39 is 0 Å². The number of rotatable bonds is 1. The molecule has 0 bridgehead atoms. The molecule has 2 aromatic carbocycles. The second-order valence-corrected chi connectivity index (χ2v) is 5.74. The number of hydrogen-bond acceptors (Lipinski definition) is 4. The summed E-state index contributed by atoms with van der Waals surface area (Å²) in [6, 6.07) is 20.0. The SMILES string of the molecule is CC([S-])=C([S-])C([S-])=C(C)[S-].[Co].[Co].c1cc[cH-]c1.c1cc[cH-]c1. The van der Waals surface area contributed by atoms with Crippen LogP contribution in [0.5, 0.6) is 0 Å². The maximum atomic E-state index is 4.91. The Morgan fingerprint density at radius 3 is 0.909 bits per heavy atom. The van der Waals surface area contributed by atoms with Gasteiger partial charge in [-0.15, -0.1) is 0 Å². The molecule has 0 atom stereocenters. The fourth-order valence-electron chi connectivity index (χ4n) is 0.961. The van der Waals surface area contributed by atoms with Gasteiger partial charge in [-0.2, -0.15) is 36.4 Å². The zero-order valence-corrected chi connectivity index (χ0v) is 17.4. The summed E-state index contributed by atoms with van der Waals surface area (Å²) in [4.78, 5) is 2.36. The molecule has 0 unspecified atom stereocenters. The predicted molar refractivity (Wildman–Crippen MR) is 98.9 cm³/mol. The molecular weight excluding hydrogens is 438 g/mol. The summed E-state index contributed by atoms with van der Waals surface area (Å²) in [6.45, 7) is 3.50. The third-order valence-electron chi connectivity index (χ3n) is 1.96. The van der Waals surface area contributed by atoms with Crippen molar-refractivity contribution in [2.24, 2.45) is 0 Å². The zero-order chi connectivity index (χ0) is 15.4. The molecule has 0 aliphatic rings. The Hall–Kier alpha value is 0.0730. The first-order valence-corrected chi connectivity index (χ1v) is 7.53. The minimum atomic E-state index is 0. The van der Waals surface area contributed by atoms with Crippen molar-refractivity contribution in [3.05, 3.63) is 80.3 Å². The normalized spacial score (nSPS) is 10.8. The van der Waals surface area contributed by atoms with Crippen molar-refractivity contribution in [2.75, 3.05) is 0 Å². The van der Waals surface area contributed by atoms with Crippen molar-refractivity contribution in [3.63, 3.8) is 0 Å². The maximum absolute atomic E-state index is 4.91. The van der Waals surface area contributed by atoms with E-state index in [2.05, 4.69) is 0 Å². The Bertz CT molecular complexity index is 410. The van der Waals surface area contributed by atoms with Crippen LogP contribution in [0, 0.1) is 0 Å². The van der Waals surface area contributed by atoms with E-state index in [1.54, 1.807) is 13.8 Å². The van der Waals surface area contributed by atoms with Gasteiger partial charge in [0, 0.05) is 33.6 Å². The van der Waals surface area contributed by atoms with E-state index in [0.717, 1.165) is 0 Å². The molecule has 0 aliphatic heterocycles. The molecule has 0 fully saturated rings. The van der Waals surface area contributed by atoms with Gasteiger partial charge in [-0.05, 0) is 0 Å². The topological polar surface area (TPSA) is 0 Å². The summed E-state index contributed by atoms with van der Waals surface area (Å²) < 4.78 is 0. The van der Waals surface area contributed by atoms with Gasteiger partial charge < -0.3 is 50.5 Å². The number of allylic oxidation sites excluding steroid dienone is 2. The van der Waals surface area contributed by atoms with E-state index in [0.29, 0.717) is 19.6 Å². The summed E-state index contributed by atoms with van der Waals surface area (Å²) in [5.74, 6) is 0. The Kier molecular flexibility index (Phi) is 21.3. The molecule has 0 aromatic heterocycles. The Balaban J connectivity index is -0.000000254. The standard InChI is InChI=1S/C6H10S4.2C5H5.2Co/c1-3(7)5(9)6(10)4(2)8;2*1-2-4-5-3-1;;/h7-10H,1-2H3;2*1-5H;;/q;2*-1;;/p-4. The first-order valence-electron chi connectivity index (χ1n) is 5.90. The van der Waals surface area contributed by atoms with Gasteiger partial charge >= 0.3 is 0 Å². The largest absolute Gasteiger partial charge is 0.786 e. The van der Waals surface area contributed by atoms with Gasteiger partial charge in [0.25, 0.3) is 0 Å². The second-order valence-electron chi connectivity index (χ2n) is 3.70. The van der Waals surface area contributed by atoms with E-state index in [9.17, 15) is 0 Å². The molecule has 0 saturated heterocycles. The molecule has 2 radical (unpaired) electrons. The predicted octanol–water partition coefficient (Wildman–Crippen LogP) is 4.44. The third-order valence-corrected chi connectivity index (χ3v) is 3.77. The van der Waals surface area contributed by atoms with E-state index in [1.807, 2.05) is 60.7 Å². The van der Waals surface area contributed by atoms with E-state index >= 15 is 0 Å². The van der Waals surface area contributed by atoms with Crippen molar-refractivity contribution < 1.29 is 33.6 Å². The van der Waals surface area contributed by atoms with Gasteiger partial charge in [0.15, 0.2) is 0 Å². The van der Waals surface area contributed by atoms with Crippen LogP contribution in [0.2, 0.25) is 0 Å². The van der Waals surface area contributed by atoms with Crippen molar-refractivity contribution >= 4 is 50.5 Å². The van der Waals surface area contributed by atoms with Crippen LogP contribution in [0.4, 0.5) is 0 Å². The second kappa shape index (κ2) is 17.4. The first kappa shape index (κ1) is 26.9. The van der Waals surface area contributed by atoms with E-state index in [4.69, 9.17) is 50.5 Å². The summed E-state index contributed by atoms with van der Waals surface area (Å²) in [5, 5.41) is 0. The zero-order valence-electron chi connectivity index (χ0n) is 12.1. The van der Waals surface area contributed by atoms with Crippen LogP contribution < -0.4 is 0 Å². The first-order chi connectivity index (χ1) is 9.46. The van der Waals surface area contributed by atoms with Crippen LogP contribution in [0.15, 0.2) is 80.3 Å². The van der Waals surface area contributed by atoms with Crippen molar-refractivity contribution in [1.29, 1.82) is 0 Å². The minimum Gasteiger partial charge on any atom is -0.786 e. The molecule has 0 N–H and O–H groups in total. The molecular formula is C16H16Co2S4-6. The average molecular weight is 454 g/mol. The van der Waals surface area contributed by atoms with Crippen LogP contribution >= 0.6 is 0 Å². The summed E-state index contributed by atoms with van der Waals surface area (Å²) in [6.07, 6.45) is 0. The van der Waals surface area contributed by atoms with Crippen molar-refractivity contribution in [2.45, 2.75) is 13.8 Å². The Morgan fingerprint density at radius 1 is 0.591 bits per heavy atom. The van der Waals surface area contributed by atoms with E-state index in [-0.39, 0.29) is 33.6 Å². The minimum absolute atomic E-state index is 0. The molecule has 22 heavy (non-hydrogen) atoms. The van der Waals surface area contributed by atoms with Crippen LogP contribution in [-0.2, 0) is 84.1 Å². The molecule has 0 aliphatic carbocycles. The average Bonchev–Trinajstić information content (AvgIpc) is 3.12. The molecule has 0 nitrogen and oxygen atoms in total. The van der Waals surface area contributed by atoms with Crippen LogP contribution in [0.3, 0.4) is 0 Å². The van der Waals surface area contributed by atoms with Crippen molar-refractivity contribution in [3.8, 4) is 0 Å². The molecule has 0 amide bonds. The van der Waals surface area contributed by atoms with Crippen LogP contribution in [0.1, 0.15) is 13.8 Å². The molecule has 2 aromatic rings. The Labute approximate surface area is 177 Å².